The predicted molar refractivity (Wildman–Crippen MR) is 74.2 cm³/mol. The lowest BCUT2D eigenvalue weighted by atomic mass is 10.1. The van der Waals surface area contributed by atoms with Gasteiger partial charge in [-0.15, -0.1) is 0 Å². The van der Waals surface area contributed by atoms with Crippen LogP contribution < -0.4 is 20.5 Å². The van der Waals surface area contributed by atoms with Crippen molar-refractivity contribution in [2.75, 3.05) is 20.8 Å². The van der Waals surface area contributed by atoms with Crippen molar-refractivity contribution in [1.29, 1.82) is 0 Å². The van der Waals surface area contributed by atoms with E-state index in [0.717, 1.165) is 17.1 Å². The number of hydrogen-bond acceptors (Lipinski definition) is 4. The monoisotopic (exact) mass is 266 g/mol. The Morgan fingerprint density at radius 3 is 2.68 bits per heavy atom. The van der Waals surface area contributed by atoms with E-state index < -0.39 is 0 Å². The average Bonchev–Trinajstić information content (AvgIpc) is 2.44. The fraction of sp³-hybridized carbons (Fsp3) is 0.500. The largest absolute Gasteiger partial charge is 0.497 e. The molecule has 106 valence electrons. The van der Waals surface area contributed by atoms with Gasteiger partial charge in [0.15, 0.2) is 0 Å². The summed E-state index contributed by atoms with van der Waals surface area (Å²) in [7, 11) is 3.21. The molecule has 5 nitrogen and oxygen atoms in total. The van der Waals surface area contributed by atoms with Gasteiger partial charge in [-0.1, -0.05) is 6.92 Å². The molecule has 0 heterocycles. The van der Waals surface area contributed by atoms with Crippen LogP contribution in [0.5, 0.6) is 11.5 Å². The molecule has 1 aromatic carbocycles. The SMILES string of the molecule is COc1ccc(OC)c(CNC(=O)C(C)CCN)c1. The summed E-state index contributed by atoms with van der Waals surface area (Å²) in [6, 6.07) is 5.50. The van der Waals surface area contributed by atoms with Gasteiger partial charge >= 0.3 is 0 Å². The zero-order chi connectivity index (χ0) is 14.3. The molecule has 0 aliphatic carbocycles. The van der Waals surface area contributed by atoms with Crippen molar-refractivity contribution in [2.45, 2.75) is 19.9 Å². The number of carbonyl (C=O) groups excluding carboxylic acids is 1. The lowest BCUT2D eigenvalue weighted by molar-refractivity contribution is -0.124. The second-order valence-electron chi connectivity index (χ2n) is 4.37. The lowest BCUT2D eigenvalue weighted by Crippen LogP contribution is -2.30. The van der Waals surface area contributed by atoms with Gasteiger partial charge < -0.3 is 20.5 Å². The summed E-state index contributed by atoms with van der Waals surface area (Å²) >= 11 is 0. The smallest absolute Gasteiger partial charge is 0.223 e. The maximum Gasteiger partial charge on any atom is 0.223 e. The fourth-order valence-electron chi connectivity index (χ4n) is 1.76. The molecule has 0 aliphatic heterocycles. The topological polar surface area (TPSA) is 73.6 Å². The number of methoxy groups -OCH3 is 2. The molecule has 0 radical (unpaired) electrons. The first-order valence-electron chi connectivity index (χ1n) is 6.31. The lowest BCUT2D eigenvalue weighted by Gasteiger charge is -2.14. The van der Waals surface area contributed by atoms with Crippen molar-refractivity contribution in [2.24, 2.45) is 11.7 Å². The summed E-state index contributed by atoms with van der Waals surface area (Å²) in [5.74, 6) is 1.38. The Morgan fingerprint density at radius 2 is 2.11 bits per heavy atom. The number of rotatable bonds is 7. The molecule has 0 saturated carbocycles. The third-order valence-corrected chi connectivity index (χ3v) is 2.99. The number of nitrogens with one attached hydrogen (secondary N) is 1. The van der Waals surface area contributed by atoms with Gasteiger partial charge in [-0.2, -0.15) is 0 Å². The molecule has 5 heteroatoms. The molecule has 3 N–H and O–H groups in total. The molecule has 1 unspecified atom stereocenters. The Kier molecular flexibility index (Phi) is 6.15. The van der Waals surface area contributed by atoms with Gasteiger partial charge in [0.05, 0.1) is 14.2 Å². The van der Waals surface area contributed by atoms with Gasteiger partial charge in [0, 0.05) is 18.0 Å². The van der Waals surface area contributed by atoms with Crippen molar-refractivity contribution in [1.82, 2.24) is 5.32 Å². The molecule has 0 aliphatic rings. The van der Waals surface area contributed by atoms with Crippen LogP contribution in [0, 0.1) is 5.92 Å². The average molecular weight is 266 g/mol. The first-order valence-corrected chi connectivity index (χ1v) is 6.31. The summed E-state index contributed by atoms with van der Waals surface area (Å²) in [5.41, 5.74) is 6.33. The molecule has 0 fully saturated rings. The maximum atomic E-state index is 11.8. The van der Waals surface area contributed by atoms with Gasteiger partial charge in [0.25, 0.3) is 0 Å². The van der Waals surface area contributed by atoms with Crippen LogP contribution in [0.25, 0.3) is 0 Å². The standard InChI is InChI=1S/C14H22N2O3/c1-10(6-7-15)14(17)16-9-11-8-12(18-2)4-5-13(11)19-3/h4-5,8,10H,6-7,9,15H2,1-3H3,(H,16,17). The Morgan fingerprint density at radius 1 is 1.37 bits per heavy atom. The van der Waals surface area contributed by atoms with Crippen LogP contribution in [0.3, 0.4) is 0 Å². The van der Waals surface area contributed by atoms with E-state index in [4.69, 9.17) is 15.2 Å². The van der Waals surface area contributed by atoms with Gasteiger partial charge in [-0.05, 0) is 31.2 Å². The summed E-state index contributed by atoms with van der Waals surface area (Å²) in [6.45, 7) is 2.79. The number of nitrogens with two attached hydrogens (primary N) is 1. The van der Waals surface area contributed by atoms with Crippen molar-refractivity contribution in [3.05, 3.63) is 23.8 Å². The molecule has 0 saturated heterocycles. The third-order valence-electron chi connectivity index (χ3n) is 2.99. The van der Waals surface area contributed by atoms with Gasteiger partial charge in [-0.3, -0.25) is 4.79 Å². The highest BCUT2D eigenvalue weighted by molar-refractivity contribution is 5.78. The van der Waals surface area contributed by atoms with Gasteiger partial charge in [0.2, 0.25) is 5.91 Å². The summed E-state index contributed by atoms with van der Waals surface area (Å²) in [5, 5.41) is 2.88. The van der Waals surface area contributed by atoms with Crippen molar-refractivity contribution >= 4 is 5.91 Å². The minimum absolute atomic E-state index is 0.00433. The van der Waals surface area contributed by atoms with Gasteiger partial charge in [0.1, 0.15) is 11.5 Å². The molecular weight excluding hydrogens is 244 g/mol. The van der Waals surface area contributed by atoms with E-state index in [2.05, 4.69) is 5.32 Å². The summed E-state index contributed by atoms with van der Waals surface area (Å²) < 4.78 is 10.4. The number of carbonyl (C=O) groups is 1. The van der Waals surface area contributed by atoms with E-state index in [1.54, 1.807) is 14.2 Å². The second kappa shape index (κ2) is 7.63. The third kappa shape index (κ3) is 4.44. The molecule has 1 aromatic rings. The van der Waals surface area contributed by atoms with Crippen LogP contribution in [-0.2, 0) is 11.3 Å². The molecule has 0 spiro atoms. The van der Waals surface area contributed by atoms with E-state index in [9.17, 15) is 4.79 Å². The Labute approximate surface area is 114 Å². The zero-order valence-electron chi connectivity index (χ0n) is 11.7. The molecule has 1 amide bonds. The first kappa shape index (κ1) is 15.3. The number of hydrogen-bond donors (Lipinski definition) is 2. The molecule has 0 aromatic heterocycles. The molecule has 1 rings (SSSR count). The van der Waals surface area contributed by atoms with Crippen LogP contribution in [0.4, 0.5) is 0 Å². The quantitative estimate of drug-likeness (QED) is 0.780. The number of amides is 1. The van der Waals surface area contributed by atoms with E-state index in [1.165, 1.54) is 0 Å². The normalized spacial score (nSPS) is 11.8. The van der Waals surface area contributed by atoms with Crippen LogP contribution in [0.2, 0.25) is 0 Å². The summed E-state index contributed by atoms with van der Waals surface area (Å²) in [4.78, 5) is 11.8. The van der Waals surface area contributed by atoms with E-state index in [0.29, 0.717) is 19.5 Å². The predicted octanol–water partition coefficient (Wildman–Crippen LogP) is 1.30. The maximum absolute atomic E-state index is 11.8. The van der Waals surface area contributed by atoms with E-state index in [-0.39, 0.29) is 11.8 Å². The Bertz CT molecular complexity index is 421. The van der Waals surface area contributed by atoms with Crippen LogP contribution >= 0.6 is 0 Å². The molecule has 19 heavy (non-hydrogen) atoms. The van der Waals surface area contributed by atoms with Crippen LogP contribution in [0.1, 0.15) is 18.9 Å². The molecule has 1 atom stereocenters. The van der Waals surface area contributed by atoms with Crippen molar-refractivity contribution in [3.8, 4) is 11.5 Å². The van der Waals surface area contributed by atoms with E-state index in [1.807, 2.05) is 25.1 Å². The van der Waals surface area contributed by atoms with Crippen LogP contribution in [-0.4, -0.2) is 26.7 Å². The highest BCUT2D eigenvalue weighted by Crippen LogP contribution is 2.23. The zero-order valence-corrected chi connectivity index (χ0v) is 11.7. The Hall–Kier alpha value is -1.75. The molecular formula is C14H22N2O3. The fourth-order valence-corrected chi connectivity index (χ4v) is 1.76. The highest BCUT2D eigenvalue weighted by Gasteiger charge is 2.12. The van der Waals surface area contributed by atoms with E-state index >= 15 is 0 Å². The summed E-state index contributed by atoms with van der Waals surface area (Å²) in [6.07, 6.45) is 0.682. The van der Waals surface area contributed by atoms with Crippen molar-refractivity contribution in [3.63, 3.8) is 0 Å². The second-order valence-corrected chi connectivity index (χ2v) is 4.37. The number of ether oxygens (including phenoxy) is 2. The Balaban J connectivity index is 2.68. The minimum Gasteiger partial charge on any atom is -0.497 e. The van der Waals surface area contributed by atoms with Crippen molar-refractivity contribution < 1.29 is 14.3 Å². The first-order chi connectivity index (χ1) is 9.12. The molecule has 0 bridgehead atoms. The number of benzene rings is 1. The van der Waals surface area contributed by atoms with Crippen LogP contribution in [0.15, 0.2) is 18.2 Å². The van der Waals surface area contributed by atoms with Gasteiger partial charge in [-0.25, -0.2) is 0 Å². The minimum atomic E-state index is -0.0818. The highest BCUT2D eigenvalue weighted by atomic mass is 16.5.